The van der Waals surface area contributed by atoms with E-state index in [1.54, 1.807) is 37.4 Å². The number of hydrogen-bond acceptors (Lipinski definition) is 4. The molecule has 0 saturated carbocycles. The largest absolute Gasteiger partial charge is 0.495 e. The monoisotopic (exact) mass is 366 g/mol. The summed E-state index contributed by atoms with van der Waals surface area (Å²) in [5, 5.41) is 0.630. The Bertz CT molecular complexity index is 804. The van der Waals surface area contributed by atoms with Gasteiger partial charge in [-0.05, 0) is 30.3 Å². The van der Waals surface area contributed by atoms with Gasteiger partial charge in [0.15, 0.2) is 0 Å². The minimum absolute atomic E-state index is 0.332. The second-order valence-corrected chi connectivity index (χ2v) is 7.89. The average molecular weight is 367 g/mol. The van der Waals surface area contributed by atoms with E-state index >= 15 is 0 Å². The van der Waals surface area contributed by atoms with E-state index in [1.807, 2.05) is 18.2 Å². The lowest BCUT2D eigenvalue weighted by molar-refractivity contribution is 0.378. The molecular formula is C17H19ClN2O3S. The summed E-state index contributed by atoms with van der Waals surface area (Å²) >= 11 is 6.09. The molecule has 1 aliphatic heterocycles. The predicted octanol–water partition coefficient (Wildman–Crippen LogP) is 2.86. The molecule has 0 aliphatic carbocycles. The summed E-state index contributed by atoms with van der Waals surface area (Å²) in [5.41, 5.74) is 0.891. The lowest BCUT2D eigenvalue weighted by atomic mass is 10.2. The van der Waals surface area contributed by atoms with E-state index in [9.17, 15) is 8.42 Å². The summed E-state index contributed by atoms with van der Waals surface area (Å²) in [4.78, 5) is 2.43. The van der Waals surface area contributed by atoms with Crippen molar-refractivity contribution < 1.29 is 13.2 Å². The molecule has 24 heavy (non-hydrogen) atoms. The van der Waals surface area contributed by atoms with Crippen molar-refractivity contribution in [2.75, 3.05) is 38.2 Å². The molecule has 1 heterocycles. The van der Waals surface area contributed by atoms with Crippen molar-refractivity contribution in [2.45, 2.75) is 4.90 Å². The van der Waals surface area contributed by atoms with E-state index in [1.165, 1.54) is 4.31 Å². The van der Waals surface area contributed by atoms with Crippen molar-refractivity contribution in [1.82, 2.24) is 4.31 Å². The van der Waals surface area contributed by atoms with Gasteiger partial charge in [-0.3, -0.25) is 0 Å². The van der Waals surface area contributed by atoms with Gasteiger partial charge in [0, 0.05) is 31.2 Å². The number of methoxy groups -OCH3 is 1. The molecule has 0 bridgehead atoms. The molecule has 0 radical (unpaired) electrons. The second kappa shape index (κ2) is 7.01. The zero-order valence-corrected chi connectivity index (χ0v) is 14.9. The number of sulfonamides is 1. The van der Waals surface area contributed by atoms with Gasteiger partial charge in [-0.15, -0.1) is 0 Å². The first-order valence-corrected chi connectivity index (χ1v) is 9.48. The van der Waals surface area contributed by atoms with E-state index in [0.29, 0.717) is 36.1 Å². The van der Waals surface area contributed by atoms with Crippen LogP contribution in [0.3, 0.4) is 0 Å². The lowest BCUT2D eigenvalue weighted by Crippen LogP contribution is -2.48. The van der Waals surface area contributed by atoms with Crippen LogP contribution < -0.4 is 9.64 Å². The normalized spacial score (nSPS) is 16.2. The highest BCUT2D eigenvalue weighted by molar-refractivity contribution is 7.89. The zero-order valence-electron chi connectivity index (χ0n) is 13.4. The maximum Gasteiger partial charge on any atom is 0.243 e. The summed E-state index contributed by atoms with van der Waals surface area (Å²) in [7, 11) is -1.83. The molecule has 0 unspecified atom stereocenters. The van der Waals surface area contributed by atoms with Gasteiger partial charge in [0.2, 0.25) is 10.0 Å². The average Bonchev–Trinajstić information content (AvgIpc) is 2.62. The number of halogens is 1. The van der Waals surface area contributed by atoms with Crippen LogP contribution >= 0.6 is 11.6 Å². The van der Waals surface area contributed by atoms with E-state index in [0.717, 1.165) is 11.4 Å². The quantitative estimate of drug-likeness (QED) is 0.834. The highest BCUT2D eigenvalue weighted by atomic mass is 35.5. The molecule has 2 aromatic rings. The molecule has 0 N–H and O–H groups in total. The molecule has 1 saturated heterocycles. The number of benzene rings is 2. The van der Waals surface area contributed by atoms with Crippen LogP contribution in [0.15, 0.2) is 53.4 Å². The predicted molar refractivity (Wildman–Crippen MR) is 95.4 cm³/mol. The Kier molecular flexibility index (Phi) is 4.99. The first-order chi connectivity index (χ1) is 11.5. The van der Waals surface area contributed by atoms with E-state index in [2.05, 4.69) is 4.90 Å². The van der Waals surface area contributed by atoms with Crippen molar-refractivity contribution in [3.05, 3.63) is 53.6 Å². The van der Waals surface area contributed by atoms with Crippen LogP contribution in [0.2, 0.25) is 5.02 Å². The summed E-state index contributed by atoms with van der Waals surface area (Å²) in [6.45, 7) is 2.02. The number of anilines is 1. The Morgan fingerprint density at radius 3 is 2.29 bits per heavy atom. The topological polar surface area (TPSA) is 49.9 Å². The molecule has 0 aromatic heterocycles. The maximum absolute atomic E-state index is 12.7. The van der Waals surface area contributed by atoms with Gasteiger partial charge >= 0.3 is 0 Å². The van der Waals surface area contributed by atoms with Gasteiger partial charge < -0.3 is 9.64 Å². The third-order valence-electron chi connectivity index (χ3n) is 4.10. The SMILES string of the molecule is COc1ccc(Cl)cc1N1CCN(S(=O)(=O)c2ccccc2)CC1. The van der Waals surface area contributed by atoms with Crippen LogP contribution in [0.5, 0.6) is 5.75 Å². The summed E-state index contributed by atoms with van der Waals surface area (Å²) in [5.74, 6) is 0.735. The van der Waals surface area contributed by atoms with Gasteiger partial charge in [-0.2, -0.15) is 4.31 Å². The number of ether oxygens (including phenoxy) is 1. The third kappa shape index (κ3) is 3.36. The molecule has 0 atom stereocenters. The Balaban J connectivity index is 1.76. The molecule has 5 nitrogen and oxygen atoms in total. The van der Waals surface area contributed by atoms with Crippen LogP contribution in [0.4, 0.5) is 5.69 Å². The standard InChI is InChI=1S/C17H19ClN2O3S/c1-23-17-8-7-14(18)13-16(17)19-9-11-20(12-10-19)24(21,22)15-5-3-2-4-6-15/h2-8,13H,9-12H2,1H3. The smallest absolute Gasteiger partial charge is 0.243 e. The van der Waals surface area contributed by atoms with Gasteiger partial charge in [0.1, 0.15) is 5.75 Å². The summed E-state index contributed by atoms with van der Waals surface area (Å²) in [6.07, 6.45) is 0. The number of rotatable bonds is 4. The minimum Gasteiger partial charge on any atom is -0.495 e. The Morgan fingerprint density at radius 1 is 1.00 bits per heavy atom. The molecule has 7 heteroatoms. The highest BCUT2D eigenvalue weighted by Crippen LogP contribution is 2.32. The summed E-state index contributed by atoms with van der Waals surface area (Å²) in [6, 6.07) is 14.0. The third-order valence-corrected chi connectivity index (χ3v) is 6.25. The fourth-order valence-electron chi connectivity index (χ4n) is 2.82. The van der Waals surface area contributed by atoms with Crippen LogP contribution in [-0.2, 0) is 10.0 Å². The van der Waals surface area contributed by atoms with Crippen LogP contribution in [-0.4, -0.2) is 46.0 Å². The van der Waals surface area contributed by atoms with E-state index in [-0.39, 0.29) is 0 Å². The Labute approximate surface area is 147 Å². The molecule has 128 valence electrons. The van der Waals surface area contributed by atoms with Crippen molar-refractivity contribution in [3.8, 4) is 5.75 Å². The molecule has 0 amide bonds. The number of hydrogen-bond donors (Lipinski definition) is 0. The first-order valence-electron chi connectivity index (χ1n) is 7.66. The van der Waals surface area contributed by atoms with Gasteiger partial charge in [0.05, 0.1) is 17.7 Å². The zero-order chi connectivity index (χ0) is 17.2. The number of nitrogens with zero attached hydrogens (tertiary/aromatic N) is 2. The minimum atomic E-state index is -3.44. The second-order valence-electron chi connectivity index (χ2n) is 5.52. The van der Waals surface area contributed by atoms with Crippen molar-refractivity contribution >= 4 is 27.3 Å². The number of piperazine rings is 1. The van der Waals surface area contributed by atoms with Crippen LogP contribution in [0.1, 0.15) is 0 Å². The van der Waals surface area contributed by atoms with Crippen molar-refractivity contribution in [3.63, 3.8) is 0 Å². The fraction of sp³-hybridized carbons (Fsp3) is 0.294. The molecule has 0 spiro atoms. The molecule has 3 rings (SSSR count). The van der Waals surface area contributed by atoms with Crippen molar-refractivity contribution in [2.24, 2.45) is 0 Å². The lowest BCUT2D eigenvalue weighted by Gasteiger charge is -2.36. The molecule has 2 aromatic carbocycles. The summed E-state index contributed by atoms with van der Waals surface area (Å²) < 4.78 is 32.2. The van der Waals surface area contributed by atoms with E-state index < -0.39 is 10.0 Å². The fourth-order valence-corrected chi connectivity index (χ4v) is 4.43. The van der Waals surface area contributed by atoms with Gasteiger partial charge in [-0.1, -0.05) is 29.8 Å². The Morgan fingerprint density at radius 2 is 1.67 bits per heavy atom. The first kappa shape index (κ1) is 17.1. The molecule has 1 fully saturated rings. The van der Waals surface area contributed by atoms with Gasteiger partial charge in [0.25, 0.3) is 0 Å². The maximum atomic E-state index is 12.7. The van der Waals surface area contributed by atoms with Crippen LogP contribution in [0.25, 0.3) is 0 Å². The molecular weight excluding hydrogens is 348 g/mol. The van der Waals surface area contributed by atoms with Gasteiger partial charge in [-0.25, -0.2) is 8.42 Å². The van der Waals surface area contributed by atoms with Crippen LogP contribution in [0, 0.1) is 0 Å². The van der Waals surface area contributed by atoms with E-state index in [4.69, 9.17) is 16.3 Å². The molecule has 1 aliphatic rings. The highest BCUT2D eigenvalue weighted by Gasteiger charge is 2.29. The van der Waals surface area contributed by atoms with Crippen molar-refractivity contribution in [1.29, 1.82) is 0 Å². The Hall–Kier alpha value is -1.76.